The number of carboxylic acids is 1. The van der Waals surface area contributed by atoms with Gasteiger partial charge in [-0.2, -0.15) is 5.10 Å². The lowest BCUT2D eigenvalue weighted by atomic mass is 10.1. The Kier molecular flexibility index (Phi) is 4.23. The van der Waals surface area contributed by atoms with Crippen molar-refractivity contribution in [1.29, 1.82) is 0 Å². The Morgan fingerprint density at radius 3 is 2.70 bits per heavy atom. The minimum absolute atomic E-state index is 0.264. The molecule has 1 atom stereocenters. The van der Waals surface area contributed by atoms with E-state index in [0.717, 1.165) is 19.5 Å². The van der Waals surface area contributed by atoms with Crippen LogP contribution in [0.1, 0.15) is 34.5 Å². The van der Waals surface area contributed by atoms with Crippen LogP contribution >= 0.6 is 0 Å². The molecular formula is C14H22N4O2. The van der Waals surface area contributed by atoms with E-state index in [1.165, 1.54) is 6.42 Å². The first-order valence-corrected chi connectivity index (χ1v) is 6.90. The van der Waals surface area contributed by atoms with Crippen molar-refractivity contribution in [3.63, 3.8) is 0 Å². The minimum atomic E-state index is -0.942. The van der Waals surface area contributed by atoms with Crippen molar-refractivity contribution in [2.75, 3.05) is 32.1 Å². The molecule has 0 aromatic carbocycles. The van der Waals surface area contributed by atoms with Gasteiger partial charge in [-0.15, -0.1) is 5.10 Å². The van der Waals surface area contributed by atoms with Gasteiger partial charge in [-0.3, -0.25) is 0 Å². The number of aryl methyl sites for hydroxylation is 1. The highest BCUT2D eigenvalue weighted by Crippen LogP contribution is 2.23. The monoisotopic (exact) mass is 278 g/mol. The zero-order chi connectivity index (χ0) is 14.9. The number of anilines is 1. The maximum absolute atomic E-state index is 11.5. The zero-order valence-corrected chi connectivity index (χ0v) is 12.6. The number of likely N-dealkylation sites (N-methyl/N-ethyl adjacent to an activating group) is 2. The fraction of sp³-hybridized carbons (Fsp3) is 0.643. The van der Waals surface area contributed by atoms with E-state index < -0.39 is 5.97 Å². The van der Waals surface area contributed by atoms with Crippen LogP contribution in [0.15, 0.2) is 0 Å². The fourth-order valence-corrected chi connectivity index (χ4v) is 2.73. The smallest absolute Gasteiger partial charge is 0.339 e. The maximum Gasteiger partial charge on any atom is 0.339 e. The van der Waals surface area contributed by atoms with E-state index in [4.69, 9.17) is 0 Å². The molecule has 1 saturated heterocycles. The van der Waals surface area contributed by atoms with E-state index in [0.29, 0.717) is 23.1 Å². The molecule has 2 rings (SSSR count). The predicted octanol–water partition coefficient (Wildman–Crippen LogP) is 1.32. The third kappa shape index (κ3) is 2.75. The second kappa shape index (κ2) is 5.75. The summed E-state index contributed by atoms with van der Waals surface area (Å²) in [4.78, 5) is 15.7. The molecule has 1 aliphatic rings. The van der Waals surface area contributed by atoms with Crippen LogP contribution in [0, 0.1) is 13.8 Å². The summed E-state index contributed by atoms with van der Waals surface area (Å²) in [5.74, 6) is -0.483. The molecule has 0 bridgehead atoms. The number of carbonyl (C=O) groups is 1. The normalized spacial score (nSPS) is 19.3. The van der Waals surface area contributed by atoms with Crippen LogP contribution in [-0.4, -0.2) is 59.4 Å². The highest BCUT2D eigenvalue weighted by molar-refractivity contribution is 5.95. The predicted molar refractivity (Wildman–Crippen MR) is 77.4 cm³/mol. The second-order valence-electron chi connectivity index (χ2n) is 5.57. The van der Waals surface area contributed by atoms with Gasteiger partial charge in [-0.25, -0.2) is 4.79 Å². The summed E-state index contributed by atoms with van der Waals surface area (Å²) in [6.07, 6.45) is 2.33. The number of aromatic carboxylic acids is 1. The summed E-state index contributed by atoms with van der Waals surface area (Å²) in [7, 11) is 3.99. The van der Waals surface area contributed by atoms with Crippen LogP contribution < -0.4 is 4.90 Å². The van der Waals surface area contributed by atoms with E-state index in [1.54, 1.807) is 13.8 Å². The molecule has 0 aliphatic carbocycles. The average molecular weight is 278 g/mol. The number of carboxylic acid groups (broad SMARTS) is 1. The first-order valence-electron chi connectivity index (χ1n) is 6.90. The van der Waals surface area contributed by atoms with Crippen molar-refractivity contribution >= 4 is 11.8 Å². The SMILES string of the molecule is Cc1nnc(N(C)CC2CCCN2C)c(C(=O)O)c1C. The molecule has 1 aliphatic heterocycles. The van der Waals surface area contributed by atoms with Gasteiger partial charge in [0.05, 0.1) is 5.69 Å². The molecule has 0 saturated carbocycles. The Hall–Kier alpha value is -1.69. The third-order valence-corrected chi connectivity index (χ3v) is 4.17. The molecule has 2 heterocycles. The number of aromatic nitrogens is 2. The van der Waals surface area contributed by atoms with E-state index in [1.807, 2.05) is 11.9 Å². The molecule has 1 aromatic rings. The van der Waals surface area contributed by atoms with Crippen LogP contribution in [0.4, 0.5) is 5.82 Å². The van der Waals surface area contributed by atoms with E-state index in [9.17, 15) is 9.90 Å². The Labute approximate surface area is 119 Å². The van der Waals surface area contributed by atoms with Crippen molar-refractivity contribution in [1.82, 2.24) is 15.1 Å². The van der Waals surface area contributed by atoms with Crippen LogP contribution in [-0.2, 0) is 0 Å². The first kappa shape index (κ1) is 14.7. The Bertz CT molecular complexity index is 518. The Morgan fingerprint density at radius 2 is 2.15 bits per heavy atom. The molecule has 20 heavy (non-hydrogen) atoms. The highest BCUT2D eigenvalue weighted by Gasteiger charge is 2.26. The molecule has 0 amide bonds. The van der Waals surface area contributed by atoms with Crippen LogP contribution in [0.25, 0.3) is 0 Å². The molecule has 1 aromatic heterocycles. The van der Waals surface area contributed by atoms with Gasteiger partial charge in [-0.1, -0.05) is 0 Å². The van der Waals surface area contributed by atoms with Crippen LogP contribution in [0.5, 0.6) is 0 Å². The molecule has 6 nitrogen and oxygen atoms in total. The van der Waals surface area contributed by atoms with Gasteiger partial charge in [0.2, 0.25) is 0 Å². The van der Waals surface area contributed by atoms with Crippen LogP contribution in [0.2, 0.25) is 0 Å². The summed E-state index contributed by atoms with van der Waals surface area (Å²) >= 11 is 0. The van der Waals surface area contributed by atoms with Crippen molar-refractivity contribution in [2.24, 2.45) is 0 Å². The Morgan fingerprint density at radius 1 is 1.45 bits per heavy atom. The van der Waals surface area contributed by atoms with Gasteiger partial charge in [0.1, 0.15) is 5.56 Å². The fourth-order valence-electron chi connectivity index (χ4n) is 2.73. The molecule has 1 fully saturated rings. The van der Waals surface area contributed by atoms with Gasteiger partial charge in [0.15, 0.2) is 5.82 Å². The van der Waals surface area contributed by atoms with Gasteiger partial charge >= 0.3 is 5.97 Å². The van der Waals surface area contributed by atoms with Crippen molar-refractivity contribution < 1.29 is 9.90 Å². The summed E-state index contributed by atoms with van der Waals surface area (Å²) in [6.45, 7) is 5.44. The number of hydrogen-bond acceptors (Lipinski definition) is 5. The van der Waals surface area contributed by atoms with Crippen molar-refractivity contribution in [3.8, 4) is 0 Å². The van der Waals surface area contributed by atoms with Gasteiger partial charge in [0, 0.05) is 19.6 Å². The average Bonchev–Trinajstić information content (AvgIpc) is 2.77. The van der Waals surface area contributed by atoms with Gasteiger partial charge in [-0.05, 0) is 45.8 Å². The summed E-state index contributed by atoms with van der Waals surface area (Å²) < 4.78 is 0. The summed E-state index contributed by atoms with van der Waals surface area (Å²) in [6, 6.07) is 0.449. The molecule has 6 heteroatoms. The molecular weight excluding hydrogens is 256 g/mol. The number of likely N-dealkylation sites (tertiary alicyclic amines) is 1. The maximum atomic E-state index is 11.5. The van der Waals surface area contributed by atoms with Gasteiger partial charge in [0.25, 0.3) is 0 Å². The quantitative estimate of drug-likeness (QED) is 0.896. The molecule has 1 N–H and O–H groups in total. The third-order valence-electron chi connectivity index (χ3n) is 4.17. The molecule has 0 radical (unpaired) electrons. The lowest BCUT2D eigenvalue weighted by Gasteiger charge is -2.27. The summed E-state index contributed by atoms with van der Waals surface area (Å²) in [5.41, 5.74) is 1.62. The first-order chi connectivity index (χ1) is 9.41. The van der Waals surface area contributed by atoms with Crippen LogP contribution in [0.3, 0.4) is 0 Å². The van der Waals surface area contributed by atoms with E-state index >= 15 is 0 Å². The zero-order valence-electron chi connectivity index (χ0n) is 12.6. The topological polar surface area (TPSA) is 69.6 Å². The lowest BCUT2D eigenvalue weighted by Crippen LogP contribution is -2.37. The molecule has 1 unspecified atom stereocenters. The highest BCUT2D eigenvalue weighted by atomic mass is 16.4. The number of rotatable bonds is 4. The molecule has 110 valence electrons. The van der Waals surface area contributed by atoms with E-state index in [-0.39, 0.29) is 5.56 Å². The van der Waals surface area contributed by atoms with E-state index in [2.05, 4.69) is 22.1 Å². The largest absolute Gasteiger partial charge is 0.478 e. The molecule has 0 spiro atoms. The Balaban J connectivity index is 2.27. The number of hydrogen-bond donors (Lipinski definition) is 1. The van der Waals surface area contributed by atoms with Crippen molar-refractivity contribution in [2.45, 2.75) is 32.7 Å². The lowest BCUT2D eigenvalue weighted by molar-refractivity contribution is 0.0696. The second-order valence-corrected chi connectivity index (χ2v) is 5.57. The van der Waals surface area contributed by atoms with Gasteiger partial charge < -0.3 is 14.9 Å². The summed E-state index contributed by atoms with van der Waals surface area (Å²) in [5, 5.41) is 17.6. The minimum Gasteiger partial charge on any atom is -0.478 e. The standard InChI is InChI=1S/C14H22N4O2/c1-9-10(2)15-16-13(12(9)14(19)20)18(4)8-11-6-5-7-17(11)3/h11H,5-8H2,1-4H3,(H,19,20). The van der Waals surface area contributed by atoms with Crippen molar-refractivity contribution in [3.05, 3.63) is 16.8 Å². The number of nitrogens with zero attached hydrogens (tertiary/aromatic N) is 4.